The zero-order chi connectivity index (χ0) is 19.6. The van der Waals surface area contributed by atoms with E-state index in [0.717, 1.165) is 34.4 Å². The van der Waals surface area contributed by atoms with Gasteiger partial charge in [-0.3, -0.25) is 0 Å². The number of hydrogen-bond acceptors (Lipinski definition) is 2. The van der Waals surface area contributed by atoms with Gasteiger partial charge in [-0.2, -0.15) is 0 Å². The van der Waals surface area contributed by atoms with Gasteiger partial charge in [0.15, 0.2) is 5.60 Å². The van der Waals surface area contributed by atoms with E-state index in [4.69, 9.17) is 4.74 Å². The molecule has 1 aliphatic carbocycles. The number of rotatable bonds is 4. The number of hydrogen-bond donors (Lipinski definition) is 1. The summed E-state index contributed by atoms with van der Waals surface area (Å²) < 4.78 is 5.77. The van der Waals surface area contributed by atoms with Gasteiger partial charge in [-0.15, -0.1) is 0 Å². The van der Waals surface area contributed by atoms with E-state index in [0.29, 0.717) is 5.92 Å². The van der Waals surface area contributed by atoms with Crippen molar-refractivity contribution < 1.29 is 9.84 Å². The summed E-state index contributed by atoms with van der Waals surface area (Å²) in [5.41, 5.74) is 3.77. The molecule has 0 saturated heterocycles. The van der Waals surface area contributed by atoms with Gasteiger partial charge in [0.2, 0.25) is 0 Å². The average Bonchev–Trinajstić information content (AvgIpc) is 3.01. The van der Waals surface area contributed by atoms with Crippen LogP contribution in [-0.4, -0.2) is 11.7 Å². The Kier molecular flexibility index (Phi) is 4.94. The van der Waals surface area contributed by atoms with Crippen molar-refractivity contribution in [3.05, 3.63) is 89.5 Å². The van der Waals surface area contributed by atoms with Crippen molar-refractivity contribution in [1.82, 2.24) is 0 Å². The van der Waals surface area contributed by atoms with E-state index in [9.17, 15) is 5.11 Å². The maximum atomic E-state index is 11.4. The Morgan fingerprint density at radius 1 is 0.893 bits per heavy atom. The molecular weight excluding hydrogens is 344 g/mol. The lowest BCUT2D eigenvalue weighted by Crippen LogP contribution is -2.22. The van der Waals surface area contributed by atoms with Gasteiger partial charge in [-0.25, -0.2) is 0 Å². The molecule has 0 fully saturated rings. The summed E-state index contributed by atoms with van der Waals surface area (Å²) >= 11 is 0. The molecule has 1 N–H and O–H groups in total. The maximum absolute atomic E-state index is 11.4. The second-order valence-corrected chi connectivity index (χ2v) is 7.27. The van der Waals surface area contributed by atoms with Crippen molar-refractivity contribution in [3.63, 3.8) is 0 Å². The van der Waals surface area contributed by atoms with E-state index >= 15 is 0 Å². The minimum atomic E-state index is -1.29. The fraction of sp³-hybridized carbons (Fsp3) is 0.231. The first-order chi connectivity index (χ1) is 13.6. The van der Waals surface area contributed by atoms with Crippen LogP contribution in [0.15, 0.2) is 72.8 Å². The standard InChI is InChI=1S/C26H24O2/c1-3-19(2)20-13-15-21(16-14-20)28-18-8-17-26(27)24-11-6-4-9-22(24)23-10-5-7-12-25(23)26/h4-7,9-16,19,27H,3,18H2,1-2H3. The van der Waals surface area contributed by atoms with Crippen LogP contribution in [0, 0.1) is 11.8 Å². The normalized spacial score (nSPS) is 14.4. The van der Waals surface area contributed by atoms with Crippen LogP contribution < -0.4 is 4.74 Å². The third-order valence-corrected chi connectivity index (χ3v) is 5.57. The number of benzene rings is 3. The maximum Gasteiger partial charge on any atom is 0.178 e. The molecule has 1 atom stereocenters. The summed E-state index contributed by atoms with van der Waals surface area (Å²) in [6.07, 6.45) is 1.12. The van der Waals surface area contributed by atoms with E-state index in [1.165, 1.54) is 5.56 Å². The number of ether oxygens (including phenoxy) is 1. The summed E-state index contributed by atoms with van der Waals surface area (Å²) in [5, 5.41) is 11.4. The lowest BCUT2D eigenvalue weighted by atomic mass is 9.92. The van der Waals surface area contributed by atoms with Gasteiger partial charge >= 0.3 is 0 Å². The second-order valence-electron chi connectivity index (χ2n) is 7.27. The zero-order valence-corrected chi connectivity index (χ0v) is 16.3. The van der Waals surface area contributed by atoms with Gasteiger partial charge < -0.3 is 9.84 Å². The quantitative estimate of drug-likeness (QED) is 0.616. The van der Waals surface area contributed by atoms with Crippen LogP contribution in [0.3, 0.4) is 0 Å². The van der Waals surface area contributed by atoms with Crippen LogP contribution in [0.1, 0.15) is 42.9 Å². The van der Waals surface area contributed by atoms with Gasteiger partial charge in [0.25, 0.3) is 0 Å². The zero-order valence-electron chi connectivity index (χ0n) is 16.3. The molecule has 1 unspecified atom stereocenters. The molecular formula is C26H24O2. The lowest BCUT2D eigenvalue weighted by Gasteiger charge is -2.18. The molecule has 3 aromatic rings. The van der Waals surface area contributed by atoms with E-state index < -0.39 is 5.60 Å². The van der Waals surface area contributed by atoms with Crippen LogP contribution in [0.4, 0.5) is 0 Å². The third-order valence-electron chi connectivity index (χ3n) is 5.57. The van der Waals surface area contributed by atoms with E-state index in [-0.39, 0.29) is 6.61 Å². The van der Waals surface area contributed by atoms with Gasteiger partial charge in [-0.05, 0) is 41.2 Å². The molecule has 4 rings (SSSR count). The summed E-state index contributed by atoms with van der Waals surface area (Å²) in [4.78, 5) is 0. The molecule has 0 bridgehead atoms. The van der Waals surface area contributed by atoms with E-state index in [1.54, 1.807) is 0 Å². The second kappa shape index (κ2) is 7.54. The highest BCUT2D eigenvalue weighted by Gasteiger charge is 2.39. The molecule has 0 radical (unpaired) electrons. The van der Waals surface area contributed by atoms with Crippen molar-refractivity contribution >= 4 is 0 Å². The first-order valence-corrected chi connectivity index (χ1v) is 9.78. The van der Waals surface area contributed by atoms with Gasteiger partial charge in [-0.1, -0.05) is 86.4 Å². The predicted molar refractivity (Wildman–Crippen MR) is 113 cm³/mol. The lowest BCUT2D eigenvalue weighted by molar-refractivity contribution is 0.150. The van der Waals surface area contributed by atoms with Crippen molar-refractivity contribution in [2.24, 2.45) is 0 Å². The Bertz CT molecular complexity index is 992. The van der Waals surface area contributed by atoms with Gasteiger partial charge in [0.05, 0.1) is 0 Å². The number of aliphatic hydroxyl groups is 1. The summed E-state index contributed by atoms with van der Waals surface area (Å²) in [6.45, 7) is 4.64. The molecule has 0 spiro atoms. The van der Waals surface area contributed by atoms with Gasteiger partial charge in [0.1, 0.15) is 12.4 Å². The van der Waals surface area contributed by atoms with Crippen LogP contribution in [0.25, 0.3) is 11.1 Å². The van der Waals surface area contributed by atoms with E-state index in [1.807, 2.05) is 60.7 Å². The monoisotopic (exact) mass is 368 g/mol. The first-order valence-electron chi connectivity index (χ1n) is 9.78. The molecule has 0 heterocycles. The topological polar surface area (TPSA) is 29.5 Å². The minimum Gasteiger partial charge on any atom is -0.481 e. The van der Waals surface area contributed by atoms with Crippen molar-refractivity contribution in [2.75, 3.05) is 6.61 Å². The third kappa shape index (κ3) is 3.19. The smallest absolute Gasteiger partial charge is 0.178 e. The molecule has 0 saturated carbocycles. The van der Waals surface area contributed by atoms with Crippen LogP contribution >= 0.6 is 0 Å². The fourth-order valence-corrected chi connectivity index (χ4v) is 3.76. The fourth-order valence-electron chi connectivity index (χ4n) is 3.76. The average molecular weight is 368 g/mol. The Hall–Kier alpha value is -3.02. The van der Waals surface area contributed by atoms with Crippen molar-refractivity contribution in [2.45, 2.75) is 31.8 Å². The molecule has 28 heavy (non-hydrogen) atoms. The first kappa shape index (κ1) is 18.3. The summed E-state index contributed by atoms with van der Waals surface area (Å²) in [7, 11) is 0. The highest BCUT2D eigenvalue weighted by Crippen LogP contribution is 2.46. The Balaban J connectivity index is 1.53. The van der Waals surface area contributed by atoms with Gasteiger partial charge in [0, 0.05) is 11.1 Å². The highest BCUT2D eigenvalue weighted by molar-refractivity contribution is 5.81. The highest BCUT2D eigenvalue weighted by atomic mass is 16.5. The Morgan fingerprint density at radius 3 is 2.04 bits per heavy atom. The largest absolute Gasteiger partial charge is 0.481 e. The molecule has 2 heteroatoms. The predicted octanol–water partition coefficient (Wildman–Crippen LogP) is 5.50. The molecule has 0 aliphatic heterocycles. The molecule has 0 amide bonds. The molecule has 0 aromatic heterocycles. The molecule has 1 aliphatic rings. The SMILES string of the molecule is CCC(C)c1ccc(OCC#CC2(O)c3ccccc3-c3ccccc32)cc1. The molecule has 140 valence electrons. The number of fused-ring (bicyclic) bond motifs is 3. The van der Waals surface area contributed by atoms with E-state index in [2.05, 4.69) is 37.8 Å². The van der Waals surface area contributed by atoms with Crippen molar-refractivity contribution in [3.8, 4) is 28.7 Å². The van der Waals surface area contributed by atoms with Crippen molar-refractivity contribution in [1.29, 1.82) is 0 Å². The van der Waals surface area contributed by atoms with Crippen LogP contribution in [0.2, 0.25) is 0 Å². The minimum absolute atomic E-state index is 0.231. The van der Waals surface area contributed by atoms with Crippen LogP contribution in [-0.2, 0) is 5.60 Å². The summed E-state index contributed by atoms with van der Waals surface area (Å²) in [5.74, 6) is 7.42. The molecule has 2 nitrogen and oxygen atoms in total. The van der Waals surface area contributed by atoms with Crippen LogP contribution in [0.5, 0.6) is 5.75 Å². The Labute approximate surface area is 166 Å². The molecule has 3 aromatic carbocycles. The Morgan fingerprint density at radius 2 is 1.46 bits per heavy atom. The summed E-state index contributed by atoms with van der Waals surface area (Å²) in [6, 6.07) is 24.0.